The van der Waals surface area contributed by atoms with Crippen molar-refractivity contribution in [3.05, 3.63) is 42.2 Å². The molecule has 32 heavy (non-hydrogen) atoms. The molecule has 1 aromatic rings. The van der Waals surface area contributed by atoms with Crippen molar-refractivity contribution < 1.29 is 37.3 Å². The quantitative estimate of drug-likeness (QED) is 0.699. The van der Waals surface area contributed by atoms with Crippen LogP contribution in [0.4, 0.5) is 13.2 Å². The molecule has 1 N–H and O–H groups in total. The second-order valence-electron chi connectivity index (χ2n) is 8.26. The molecule has 1 aromatic heterocycles. The zero-order chi connectivity index (χ0) is 23.2. The summed E-state index contributed by atoms with van der Waals surface area (Å²) in [6, 6.07) is 5.85. The number of ether oxygens (including phenoxy) is 2. The van der Waals surface area contributed by atoms with Gasteiger partial charge >= 0.3 is 12.1 Å². The first-order valence-electron chi connectivity index (χ1n) is 10.6. The predicted molar refractivity (Wildman–Crippen MR) is 107 cm³/mol. The highest BCUT2D eigenvalue weighted by molar-refractivity contribution is 5.80. The lowest BCUT2D eigenvalue weighted by molar-refractivity contribution is -0.192. The maximum Gasteiger partial charge on any atom is 0.490 e. The summed E-state index contributed by atoms with van der Waals surface area (Å²) >= 11 is 0. The van der Waals surface area contributed by atoms with E-state index >= 15 is 0 Å². The average Bonchev–Trinajstić information content (AvgIpc) is 3.43. The lowest BCUT2D eigenvalue weighted by Crippen LogP contribution is -2.51. The summed E-state index contributed by atoms with van der Waals surface area (Å²) in [5.41, 5.74) is 0.729. The number of aromatic nitrogens is 1. The van der Waals surface area contributed by atoms with E-state index in [0.717, 1.165) is 44.3 Å². The maximum absolute atomic E-state index is 12.7. The minimum atomic E-state index is -5.08. The van der Waals surface area contributed by atoms with Crippen LogP contribution in [0.5, 0.6) is 0 Å². The summed E-state index contributed by atoms with van der Waals surface area (Å²) in [5, 5.41) is 7.12. The summed E-state index contributed by atoms with van der Waals surface area (Å²) < 4.78 is 43.9. The van der Waals surface area contributed by atoms with Crippen LogP contribution in [0.15, 0.2) is 36.5 Å². The number of alkyl halides is 3. The minimum absolute atomic E-state index is 0.0882. The van der Waals surface area contributed by atoms with Gasteiger partial charge in [0.1, 0.15) is 0 Å². The molecular formula is C22H27F3N2O5. The van der Waals surface area contributed by atoms with E-state index in [2.05, 4.69) is 17.1 Å². The molecule has 2 saturated heterocycles. The third-order valence-corrected chi connectivity index (χ3v) is 5.82. The number of halogens is 3. The van der Waals surface area contributed by atoms with Crippen molar-refractivity contribution in [1.82, 2.24) is 9.88 Å². The summed E-state index contributed by atoms with van der Waals surface area (Å²) in [6.45, 7) is 2.70. The second kappa shape index (κ2) is 10.4. The third-order valence-electron chi connectivity index (χ3n) is 5.82. The van der Waals surface area contributed by atoms with E-state index in [1.54, 1.807) is 6.20 Å². The molecule has 1 aliphatic carbocycles. The number of carboxylic acid groups (broad SMARTS) is 1. The normalized spacial score (nSPS) is 25.6. The van der Waals surface area contributed by atoms with E-state index in [1.807, 2.05) is 23.1 Å². The van der Waals surface area contributed by atoms with Crippen LogP contribution in [-0.4, -0.2) is 64.4 Å². The van der Waals surface area contributed by atoms with Gasteiger partial charge in [0.2, 0.25) is 5.91 Å². The van der Waals surface area contributed by atoms with Crippen molar-refractivity contribution in [2.24, 2.45) is 5.92 Å². The number of piperidine rings is 1. The van der Waals surface area contributed by atoms with Crippen molar-refractivity contribution in [1.29, 1.82) is 0 Å². The van der Waals surface area contributed by atoms with E-state index in [4.69, 9.17) is 19.4 Å². The molecule has 0 radical (unpaired) electrons. The Balaban J connectivity index is 0.000000360. The Bertz CT molecular complexity index is 810. The lowest BCUT2D eigenvalue weighted by atomic mass is 9.88. The van der Waals surface area contributed by atoms with Gasteiger partial charge in [0, 0.05) is 31.6 Å². The number of rotatable bonds is 4. The maximum atomic E-state index is 12.7. The van der Waals surface area contributed by atoms with E-state index in [-0.39, 0.29) is 17.6 Å². The Morgan fingerprint density at radius 2 is 2.00 bits per heavy atom. The van der Waals surface area contributed by atoms with Gasteiger partial charge < -0.3 is 19.5 Å². The van der Waals surface area contributed by atoms with Crippen LogP contribution >= 0.6 is 0 Å². The van der Waals surface area contributed by atoms with Crippen molar-refractivity contribution >= 4 is 11.9 Å². The molecule has 176 valence electrons. The number of likely N-dealkylation sites (tertiary alicyclic amines) is 1. The number of carboxylic acids is 1. The summed E-state index contributed by atoms with van der Waals surface area (Å²) in [7, 11) is 0. The van der Waals surface area contributed by atoms with Crippen molar-refractivity contribution in [2.45, 2.75) is 56.6 Å². The SMILES string of the molecule is O=C(C1CC=CC1)N1CCC[C@]2(C[C@H](OCc3ccccn3)CO2)C1.O=C(O)C(F)(F)F. The zero-order valence-electron chi connectivity index (χ0n) is 17.6. The van der Waals surface area contributed by atoms with Crippen LogP contribution in [0.3, 0.4) is 0 Å². The van der Waals surface area contributed by atoms with Gasteiger partial charge in [0.05, 0.1) is 30.6 Å². The topological polar surface area (TPSA) is 89.0 Å². The predicted octanol–water partition coefficient (Wildman–Crippen LogP) is 3.35. The van der Waals surface area contributed by atoms with Crippen LogP contribution in [-0.2, 0) is 25.7 Å². The van der Waals surface area contributed by atoms with Gasteiger partial charge in [-0.3, -0.25) is 9.78 Å². The van der Waals surface area contributed by atoms with Gasteiger partial charge in [-0.05, 0) is 37.8 Å². The Kier molecular flexibility index (Phi) is 7.89. The number of pyridine rings is 1. The monoisotopic (exact) mass is 456 g/mol. The summed E-state index contributed by atoms with van der Waals surface area (Å²) in [6.07, 6.45) is 5.71. The molecule has 10 heteroatoms. The number of hydrogen-bond acceptors (Lipinski definition) is 5. The smallest absolute Gasteiger partial charge is 0.475 e. The highest BCUT2D eigenvalue weighted by atomic mass is 19.4. The molecule has 1 amide bonds. The fraction of sp³-hybridized carbons (Fsp3) is 0.591. The molecule has 3 heterocycles. The van der Waals surface area contributed by atoms with Crippen molar-refractivity contribution in [2.75, 3.05) is 19.7 Å². The largest absolute Gasteiger partial charge is 0.490 e. The zero-order valence-corrected chi connectivity index (χ0v) is 17.6. The Hall–Kier alpha value is -2.46. The fourth-order valence-electron chi connectivity index (χ4n) is 4.24. The summed E-state index contributed by atoms with van der Waals surface area (Å²) in [5.74, 6) is -2.31. The van der Waals surface area contributed by atoms with Crippen molar-refractivity contribution in [3.8, 4) is 0 Å². The Labute approximate surface area is 184 Å². The fourth-order valence-corrected chi connectivity index (χ4v) is 4.24. The third kappa shape index (κ3) is 6.52. The number of allylic oxidation sites excluding steroid dienone is 2. The molecule has 2 atom stereocenters. The van der Waals surface area contributed by atoms with Crippen LogP contribution in [0, 0.1) is 5.92 Å². The first-order chi connectivity index (χ1) is 15.2. The van der Waals surface area contributed by atoms with Gasteiger partial charge in [0.25, 0.3) is 0 Å². The van der Waals surface area contributed by atoms with Crippen LogP contribution in [0.1, 0.15) is 37.8 Å². The molecule has 7 nitrogen and oxygen atoms in total. The molecule has 3 aliphatic rings. The van der Waals surface area contributed by atoms with E-state index in [9.17, 15) is 18.0 Å². The van der Waals surface area contributed by atoms with E-state index < -0.39 is 12.1 Å². The first kappa shape index (κ1) is 24.2. The molecule has 0 saturated carbocycles. The molecule has 0 unspecified atom stereocenters. The molecule has 2 fully saturated rings. The molecular weight excluding hydrogens is 429 g/mol. The highest BCUT2D eigenvalue weighted by Crippen LogP contribution is 2.37. The Morgan fingerprint density at radius 3 is 2.62 bits per heavy atom. The van der Waals surface area contributed by atoms with Crippen LogP contribution < -0.4 is 0 Å². The van der Waals surface area contributed by atoms with Crippen LogP contribution in [0.2, 0.25) is 0 Å². The van der Waals surface area contributed by atoms with Gasteiger partial charge in [-0.1, -0.05) is 18.2 Å². The minimum Gasteiger partial charge on any atom is -0.475 e. The average molecular weight is 456 g/mol. The number of aliphatic carboxylic acids is 1. The molecule has 4 rings (SSSR count). The van der Waals surface area contributed by atoms with Crippen LogP contribution in [0.25, 0.3) is 0 Å². The van der Waals surface area contributed by atoms with Gasteiger partial charge in [0.15, 0.2) is 0 Å². The molecule has 0 aromatic carbocycles. The molecule has 2 aliphatic heterocycles. The molecule has 1 spiro atoms. The number of carbonyl (C=O) groups excluding carboxylic acids is 1. The number of amides is 1. The number of hydrogen-bond donors (Lipinski definition) is 1. The van der Waals surface area contributed by atoms with Crippen molar-refractivity contribution in [3.63, 3.8) is 0 Å². The first-order valence-corrected chi connectivity index (χ1v) is 10.6. The standard InChI is InChI=1S/C20H26N2O3.C2HF3O2/c23-19(16-6-1-2-7-16)22-11-5-9-20(15-22)12-18(14-25-20)24-13-17-8-3-4-10-21-17;3-2(4,5)1(6)7/h1-4,8,10,16,18H,5-7,9,11-15H2;(H,6,7)/t18-,20-;/m0./s1. The summed E-state index contributed by atoms with van der Waals surface area (Å²) in [4.78, 5) is 27.9. The van der Waals surface area contributed by atoms with E-state index in [0.29, 0.717) is 25.7 Å². The van der Waals surface area contributed by atoms with Gasteiger partial charge in [-0.15, -0.1) is 0 Å². The lowest BCUT2D eigenvalue weighted by Gasteiger charge is -2.40. The van der Waals surface area contributed by atoms with E-state index in [1.165, 1.54) is 0 Å². The molecule has 0 bridgehead atoms. The van der Waals surface area contributed by atoms with Gasteiger partial charge in [-0.2, -0.15) is 13.2 Å². The second-order valence-corrected chi connectivity index (χ2v) is 8.26. The highest BCUT2D eigenvalue weighted by Gasteiger charge is 2.45. The number of nitrogens with zero attached hydrogens (tertiary/aromatic N) is 2. The Morgan fingerprint density at radius 1 is 1.28 bits per heavy atom. The van der Waals surface area contributed by atoms with Gasteiger partial charge in [-0.25, -0.2) is 4.79 Å². The number of carbonyl (C=O) groups is 2.